The Morgan fingerprint density at radius 2 is 1.71 bits per heavy atom. The molecule has 0 aliphatic carbocycles. The van der Waals surface area contributed by atoms with E-state index >= 15 is 0 Å². The molecule has 2 saturated heterocycles. The summed E-state index contributed by atoms with van der Waals surface area (Å²) in [6, 6.07) is 15.3. The van der Waals surface area contributed by atoms with E-state index < -0.39 is 7.94 Å². The second-order valence-electron chi connectivity index (χ2n) is 9.21. The van der Waals surface area contributed by atoms with Crippen LogP contribution in [0.25, 0.3) is 10.8 Å². The summed E-state index contributed by atoms with van der Waals surface area (Å²) in [5.74, 6) is 0.973. The summed E-state index contributed by atoms with van der Waals surface area (Å²) < 4.78 is 6.97. The molecule has 2 atom stereocenters. The fourth-order valence-electron chi connectivity index (χ4n) is 4.91. The van der Waals surface area contributed by atoms with E-state index in [2.05, 4.69) is 84.2 Å². The summed E-state index contributed by atoms with van der Waals surface area (Å²) >= 11 is 0. The van der Waals surface area contributed by atoms with Crippen molar-refractivity contribution in [3.8, 4) is 0 Å². The van der Waals surface area contributed by atoms with Gasteiger partial charge >= 0.3 is 0 Å². The molecule has 5 heteroatoms. The van der Waals surface area contributed by atoms with Gasteiger partial charge in [-0.05, 0) is 36.1 Å². The van der Waals surface area contributed by atoms with Crippen LogP contribution in [0.2, 0.25) is 0 Å². The van der Waals surface area contributed by atoms with E-state index in [4.69, 9.17) is 0 Å². The maximum absolute atomic E-state index is 15.0. The highest BCUT2D eigenvalue weighted by Crippen LogP contribution is 2.68. The van der Waals surface area contributed by atoms with Gasteiger partial charge in [0, 0.05) is 25.0 Å². The topological polar surface area (TPSA) is 32.8 Å². The lowest BCUT2D eigenvalue weighted by molar-refractivity contribution is -0.194. The lowest BCUT2D eigenvalue weighted by Gasteiger charge is -2.47. The van der Waals surface area contributed by atoms with Crippen LogP contribution < -0.4 is 9.56 Å². The quantitative estimate of drug-likeness (QED) is 0.655. The van der Waals surface area contributed by atoms with E-state index in [0.717, 1.165) is 44.7 Å². The van der Waals surface area contributed by atoms with E-state index in [1.165, 1.54) is 10.8 Å². The van der Waals surface area contributed by atoms with Gasteiger partial charge in [-0.15, -0.1) is 9.34 Å². The standard InChI is InChI=1S/C23H34N3OP/c1-18(2)15-24(16-19(3)4)28(27)25-14-8-11-21(25)17-26(28)23-13-7-10-20-9-5-6-12-22(20)23/h5-7,9-10,12-13,18-19,21H,8,11,14-17H2,1-4H3/t21-,28?/m0/s1. The van der Waals surface area contributed by atoms with Crippen molar-refractivity contribution in [2.75, 3.05) is 30.8 Å². The van der Waals surface area contributed by atoms with Gasteiger partial charge in [0.25, 0.3) is 0 Å². The predicted octanol–water partition coefficient (Wildman–Crippen LogP) is 4.78. The van der Waals surface area contributed by atoms with Crippen LogP contribution in [0.3, 0.4) is 0 Å². The van der Waals surface area contributed by atoms with Crippen LogP contribution in [-0.4, -0.2) is 41.6 Å². The third kappa shape index (κ3) is 3.45. The molecule has 2 aromatic carbocycles. The third-order valence-electron chi connectivity index (χ3n) is 5.94. The molecule has 0 aromatic heterocycles. The molecule has 2 aromatic rings. The number of hydrogen-bond acceptors (Lipinski definition) is 4. The first-order valence-corrected chi connectivity index (χ1v) is 12.4. The largest absolute Gasteiger partial charge is 0.631 e. The fraction of sp³-hybridized carbons (Fsp3) is 0.565. The second kappa shape index (κ2) is 7.91. The van der Waals surface area contributed by atoms with Gasteiger partial charge in [-0.3, -0.25) is 0 Å². The average molecular weight is 400 g/mol. The Morgan fingerprint density at radius 3 is 2.43 bits per heavy atom. The summed E-state index contributed by atoms with van der Waals surface area (Å²) in [5.41, 5.74) is 1.13. The van der Waals surface area contributed by atoms with Crippen molar-refractivity contribution >= 4 is 24.4 Å². The zero-order chi connectivity index (χ0) is 19.9. The van der Waals surface area contributed by atoms with Gasteiger partial charge in [0.1, 0.15) is 0 Å². The van der Waals surface area contributed by atoms with E-state index in [1.54, 1.807) is 0 Å². The van der Waals surface area contributed by atoms with Crippen molar-refractivity contribution in [2.45, 2.75) is 46.6 Å². The zero-order valence-corrected chi connectivity index (χ0v) is 18.6. The van der Waals surface area contributed by atoms with Crippen molar-refractivity contribution in [1.29, 1.82) is 0 Å². The molecule has 2 aliphatic heterocycles. The summed E-state index contributed by atoms with van der Waals surface area (Å²) in [4.78, 5) is 15.0. The van der Waals surface area contributed by atoms with E-state index in [0.29, 0.717) is 17.9 Å². The Morgan fingerprint density at radius 1 is 1.04 bits per heavy atom. The van der Waals surface area contributed by atoms with Crippen molar-refractivity contribution in [1.82, 2.24) is 9.34 Å². The number of fused-ring (bicyclic) bond motifs is 2. The summed E-state index contributed by atoms with van der Waals surface area (Å²) in [7, 11) is -2.83. The van der Waals surface area contributed by atoms with Gasteiger partial charge in [-0.25, -0.2) is 4.67 Å². The average Bonchev–Trinajstić information content (AvgIpc) is 3.22. The molecule has 1 unspecified atom stereocenters. The van der Waals surface area contributed by atoms with Gasteiger partial charge in [-0.2, -0.15) is 0 Å². The molecule has 0 saturated carbocycles. The number of rotatable bonds is 6. The summed E-state index contributed by atoms with van der Waals surface area (Å²) in [6.07, 6.45) is 2.32. The summed E-state index contributed by atoms with van der Waals surface area (Å²) in [6.45, 7) is 12.5. The van der Waals surface area contributed by atoms with Crippen molar-refractivity contribution < 1.29 is 4.89 Å². The monoisotopic (exact) mass is 399 g/mol. The minimum Gasteiger partial charge on any atom is -0.631 e. The Balaban J connectivity index is 1.82. The van der Waals surface area contributed by atoms with Crippen molar-refractivity contribution in [2.24, 2.45) is 11.8 Å². The van der Waals surface area contributed by atoms with Crippen LogP contribution >= 0.6 is 7.94 Å². The molecule has 4 rings (SSSR count). The summed E-state index contributed by atoms with van der Waals surface area (Å²) in [5, 5.41) is 2.43. The lowest BCUT2D eigenvalue weighted by atomic mass is 10.1. The van der Waals surface area contributed by atoms with Gasteiger partial charge in [0.05, 0.1) is 18.3 Å². The molecule has 0 spiro atoms. The van der Waals surface area contributed by atoms with Crippen LogP contribution in [0.4, 0.5) is 5.69 Å². The molecule has 152 valence electrons. The Kier molecular flexibility index (Phi) is 5.68. The number of nitrogens with zero attached hydrogens (tertiary/aromatic N) is 3. The molecule has 0 bridgehead atoms. The molecular formula is C23H34N3OP. The molecular weight excluding hydrogens is 365 g/mol. The second-order valence-corrected chi connectivity index (χ2v) is 11.8. The lowest BCUT2D eigenvalue weighted by Crippen LogP contribution is -2.47. The van der Waals surface area contributed by atoms with Gasteiger partial charge < -0.3 is 4.89 Å². The highest BCUT2D eigenvalue weighted by molar-refractivity contribution is 7.66. The zero-order valence-electron chi connectivity index (χ0n) is 17.7. The minimum absolute atomic E-state index is 0.409. The van der Waals surface area contributed by atoms with Crippen LogP contribution in [0.1, 0.15) is 40.5 Å². The number of anilines is 1. The van der Waals surface area contributed by atoms with Crippen molar-refractivity contribution in [3.63, 3.8) is 0 Å². The molecule has 2 aliphatic rings. The first-order chi connectivity index (χ1) is 13.4. The molecule has 0 amide bonds. The van der Waals surface area contributed by atoms with Gasteiger partial charge in [0.2, 0.25) is 7.94 Å². The maximum Gasteiger partial charge on any atom is 0.209 e. The molecule has 0 N–H and O–H groups in total. The highest BCUT2D eigenvalue weighted by Gasteiger charge is 2.58. The van der Waals surface area contributed by atoms with Crippen LogP contribution in [0, 0.1) is 11.8 Å². The van der Waals surface area contributed by atoms with Gasteiger partial charge in [0.15, 0.2) is 0 Å². The van der Waals surface area contributed by atoms with Crippen LogP contribution in [0.5, 0.6) is 0 Å². The first-order valence-electron chi connectivity index (χ1n) is 10.8. The number of hydrogen-bond donors (Lipinski definition) is 0. The third-order valence-corrected chi connectivity index (χ3v) is 9.21. The fourth-order valence-corrected chi connectivity index (χ4v) is 8.77. The Labute approximate surface area is 170 Å². The first kappa shape index (κ1) is 20.1. The molecule has 2 heterocycles. The Hall–Kier alpha value is -1.19. The van der Waals surface area contributed by atoms with Crippen LogP contribution in [0.15, 0.2) is 42.5 Å². The molecule has 28 heavy (non-hydrogen) atoms. The molecule has 2 fully saturated rings. The Bertz CT molecular complexity index is 811. The maximum atomic E-state index is 15.0. The minimum atomic E-state index is -2.83. The SMILES string of the molecule is CC(C)CN(CC(C)C)[P+]1([O-])N(c2cccc3ccccc23)C[C@@H]2CCCN21. The van der Waals surface area contributed by atoms with Gasteiger partial charge in [-0.1, -0.05) is 64.1 Å². The highest BCUT2D eigenvalue weighted by atomic mass is 31.2. The smallest absolute Gasteiger partial charge is 0.209 e. The normalized spacial score (nSPS) is 25.6. The van der Waals surface area contributed by atoms with Crippen molar-refractivity contribution in [3.05, 3.63) is 42.5 Å². The van der Waals surface area contributed by atoms with E-state index in [-0.39, 0.29) is 0 Å². The van der Waals surface area contributed by atoms with E-state index in [9.17, 15) is 4.89 Å². The van der Waals surface area contributed by atoms with E-state index in [1.807, 2.05) is 0 Å². The molecule has 4 nitrogen and oxygen atoms in total. The predicted molar refractivity (Wildman–Crippen MR) is 119 cm³/mol. The molecule has 0 radical (unpaired) electrons. The van der Waals surface area contributed by atoms with Crippen LogP contribution in [-0.2, 0) is 0 Å². The number of benzene rings is 2.